The molecule has 0 bridgehead atoms. The SMILES string of the molecule is CCN1CCN(c2c(CN(CCCOC)C(=O)Nc3ccccc3C)c(C)nn2-c2ccccc2)CC1. The third-order valence-corrected chi connectivity index (χ3v) is 7.08. The molecule has 2 amide bonds. The maximum atomic E-state index is 13.5. The molecule has 2 aromatic carbocycles. The Morgan fingerprint density at radius 1 is 1.03 bits per heavy atom. The first-order valence-corrected chi connectivity index (χ1v) is 13.2. The number of likely N-dealkylation sites (N-methyl/N-ethyl adjacent to an activating group) is 1. The van der Waals surface area contributed by atoms with E-state index in [9.17, 15) is 4.79 Å². The number of amides is 2. The van der Waals surface area contributed by atoms with Gasteiger partial charge in [0.2, 0.25) is 0 Å². The van der Waals surface area contributed by atoms with Gasteiger partial charge in [-0.3, -0.25) is 0 Å². The molecule has 1 N–H and O–H groups in total. The van der Waals surface area contributed by atoms with Crippen LogP contribution in [0.25, 0.3) is 5.69 Å². The van der Waals surface area contributed by atoms with E-state index in [2.05, 4.69) is 38.9 Å². The quantitative estimate of drug-likeness (QED) is 0.406. The number of aromatic nitrogens is 2. The third-order valence-electron chi connectivity index (χ3n) is 7.08. The van der Waals surface area contributed by atoms with Gasteiger partial charge in [-0.2, -0.15) is 5.10 Å². The van der Waals surface area contributed by atoms with Gasteiger partial charge >= 0.3 is 6.03 Å². The maximum Gasteiger partial charge on any atom is 0.322 e. The topological polar surface area (TPSA) is 65.9 Å². The minimum atomic E-state index is -0.112. The van der Waals surface area contributed by atoms with Crippen molar-refractivity contribution in [1.29, 1.82) is 0 Å². The number of piperazine rings is 1. The lowest BCUT2D eigenvalue weighted by atomic mass is 10.1. The van der Waals surface area contributed by atoms with Crippen molar-refractivity contribution in [2.75, 3.05) is 63.2 Å². The summed E-state index contributed by atoms with van der Waals surface area (Å²) >= 11 is 0. The second-order valence-corrected chi connectivity index (χ2v) is 9.57. The first-order valence-electron chi connectivity index (χ1n) is 13.2. The second kappa shape index (κ2) is 12.7. The molecule has 0 spiro atoms. The third kappa shape index (κ3) is 6.50. The zero-order valence-electron chi connectivity index (χ0n) is 22.6. The lowest BCUT2D eigenvalue weighted by Crippen LogP contribution is -2.47. The Labute approximate surface area is 220 Å². The van der Waals surface area contributed by atoms with Crippen LogP contribution >= 0.6 is 0 Å². The van der Waals surface area contributed by atoms with E-state index in [1.54, 1.807) is 7.11 Å². The Morgan fingerprint density at radius 3 is 2.41 bits per heavy atom. The van der Waals surface area contributed by atoms with Gasteiger partial charge in [0.15, 0.2) is 0 Å². The van der Waals surface area contributed by atoms with Gasteiger partial charge in [0.25, 0.3) is 0 Å². The van der Waals surface area contributed by atoms with E-state index in [1.165, 1.54) is 0 Å². The van der Waals surface area contributed by atoms with Crippen LogP contribution in [0.4, 0.5) is 16.3 Å². The molecule has 0 atom stereocenters. The maximum absolute atomic E-state index is 13.5. The summed E-state index contributed by atoms with van der Waals surface area (Å²) in [7, 11) is 1.69. The Balaban J connectivity index is 1.67. The Morgan fingerprint density at radius 2 is 1.73 bits per heavy atom. The van der Waals surface area contributed by atoms with Crippen molar-refractivity contribution in [2.24, 2.45) is 0 Å². The van der Waals surface area contributed by atoms with Crippen LogP contribution in [-0.4, -0.2) is 78.6 Å². The number of hydrogen-bond donors (Lipinski definition) is 1. The summed E-state index contributed by atoms with van der Waals surface area (Å²) in [6, 6.07) is 18.0. The molecule has 1 saturated heterocycles. The number of methoxy groups -OCH3 is 1. The smallest absolute Gasteiger partial charge is 0.322 e. The van der Waals surface area contributed by atoms with Crippen molar-refractivity contribution >= 4 is 17.5 Å². The summed E-state index contributed by atoms with van der Waals surface area (Å²) in [6.45, 7) is 12.9. The molecule has 0 unspecified atom stereocenters. The molecule has 37 heavy (non-hydrogen) atoms. The molecule has 1 aliphatic rings. The molecular weight excluding hydrogens is 464 g/mol. The summed E-state index contributed by atoms with van der Waals surface area (Å²) in [5.74, 6) is 1.08. The average Bonchev–Trinajstić information content (AvgIpc) is 3.25. The number of anilines is 2. The molecule has 0 aliphatic carbocycles. The fraction of sp³-hybridized carbons (Fsp3) is 0.448. The molecule has 1 fully saturated rings. The molecule has 0 saturated carbocycles. The molecule has 1 aromatic heterocycles. The molecule has 8 nitrogen and oxygen atoms in total. The lowest BCUT2D eigenvalue weighted by Gasteiger charge is -2.36. The van der Waals surface area contributed by atoms with Crippen LogP contribution < -0.4 is 10.2 Å². The summed E-state index contributed by atoms with van der Waals surface area (Å²) in [4.78, 5) is 20.3. The number of urea groups is 1. The highest BCUT2D eigenvalue weighted by molar-refractivity contribution is 5.90. The van der Waals surface area contributed by atoms with Crippen molar-refractivity contribution in [3.63, 3.8) is 0 Å². The number of benzene rings is 2. The number of rotatable bonds is 10. The Bertz CT molecular complexity index is 1150. The van der Waals surface area contributed by atoms with E-state index in [0.29, 0.717) is 19.7 Å². The van der Waals surface area contributed by atoms with Crippen LogP contribution in [0.5, 0.6) is 0 Å². The van der Waals surface area contributed by atoms with Crippen molar-refractivity contribution in [3.8, 4) is 5.69 Å². The minimum absolute atomic E-state index is 0.112. The van der Waals surface area contributed by atoms with Gasteiger partial charge in [-0.25, -0.2) is 9.48 Å². The number of aryl methyl sites for hydroxylation is 2. The first kappa shape index (κ1) is 26.7. The summed E-state index contributed by atoms with van der Waals surface area (Å²) in [6.07, 6.45) is 0.758. The molecule has 0 radical (unpaired) electrons. The van der Waals surface area contributed by atoms with Crippen LogP contribution in [0.1, 0.15) is 30.2 Å². The van der Waals surface area contributed by atoms with Gasteiger partial charge in [-0.05, 0) is 50.6 Å². The van der Waals surface area contributed by atoms with Crippen LogP contribution in [0.2, 0.25) is 0 Å². The van der Waals surface area contributed by atoms with Gasteiger partial charge in [0, 0.05) is 57.7 Å². The summed E-state index contributed by atoms with van der Waals surface area (Å²) < 4.78 is 7.35. The van der Waals surface area contributed by atoms with E-state index < -0.39 is 0 Å². The number of ether oxygens (including phenoxy) is 1. The molecule has 4 rings (SSSR count). The standard InChI is InChI=1S/C29H40N6O2/c1-5-32-17-19-33(20-18-32)28-26(24(3)31-35(28)25-13-7-6-8-14-25)22-34(16-11-21-37-4)29(36)30-27-15-10-9-12-23(27)2/h6-10,12-15H,5,11,16-22H2,1-4H3,(H,30,36). The molecule has 2 heterocycles. The fourth-order valence-electron chi connectivity index (χ4n) is 4.83. The Hall–Kier alpha value is -3.36. The van der Waals surface area contributed by atoms with Crippen LogP contribution in [-0.2, 0) is 11.3 Å². The molecular formula is C29H40N6O2. The van der Waals surface area contributed by atoms with E-state index in [1.807, 2.05) is 61.2 Å². The second-order valence-electron chi connectivity index (χ2n) is 9.57. The highest BCUT2D eigenvalue weighted by Gasteiger charge is 2.27. The predicted molar refractivity (Wildman–Crippen MR) is 150 cm³/mol. The van der Waals surface area contributed by atoms with E-state index >= 15 is 0 Å². The largest absolute Gasteiger partial charge is 0.385 e. The number of carbonyl (C=O) groups is 1. The first-order chi connectivity index (χ1) is 18.0. The molecule has 198 valence electrons. The van der Waals surface area contributed by atoms with E-state index in [0.717, 1.165) is 73.2 Å². The monoisotopic (exact) mass is 504 g/mol. The highest BCUT2D eigenvalue weighted by atomic mass is 16.5. The zero-order chi connectivity index (χ0) is 26.2. The number of nitrogens with one attached hydrogen (secondary N) is 1. The van der Waals surface area contributed by atoms with E-state index in [4.69, 9.17) is 9.84 Å². The summed E-state index contributed by atoms with van der Waals surface area (Å²) in [5.41, 5.74) is 4.93. The van der Waals surface area contributed by atoms with Gasteiger partial charge in [-0.15, -0.1) is 0 Å². The van der Waals surface area contributed by atoms with Gasteiger partial charge in [-0.1, -0.05) is 43.3 Å². The predicted octanol–water partition coefficient (Wildman–Crippen LogP) is 4.70. The molecule has 3 aromatic rings. The van der Waals surface area contributed by atoms with Crippen LogP contribution in [0, 0.1) is 13.8 Å². The van der Waals surface area contributed by atoms with Gasteiger partial charge in [0.1, 0.15) is 5.82 Å². The van der Waals surface area contributed by atoms with Gasteiger partial charge in [0.05, 0.1) is 17.9 Å². The van der Waals surface area contributed by atoms with Crippen molar-refractivity contribution < 1.29 is 9.53 Å². The van der Waals surface area contributed by atoms with Crippen molar-refractivity contribution in [1.82, 2.24) is 19.6 Å². The number of hydrogen-bond acceptors (Lipinski definition) is 5. The summed E-state index contributed by atoms with van der Waals surface area (Å²) in [5, 5.41) is 8.11. The number of carbonyl (C=O) groups excluding carboxylic acids is 1. The van der Waals surface area contributed by atoms with Crippen molar-refractivity contribution in [3.05, 3.63) is 71.4 Å². The number of para-hydroxylation sites is 2. The Kier molecular flexibility index (Phi) is 9.19. The van der Waals surface area contributed by atoms with Crippen LogP contribution in [0.15, 0.2) is 54.6 Å². The van der Waals surface area contributed by atoms with Crippen molar-refractivity contribution in [2.45, 2.75) is 33.7 Å². The zero-order valence-corrected chi connectivity index (χ0v) is 22.6. The van der Waals surface area contributed by atoms with E-state index in [-0.39, 0.29) is 6.03 Å². The molecule has 8 heteroatoms. The normalized spacial score (nSPS) is 14.1. The lowest BCUT2D eigenvalue weighted by molar-refractivity contribution is 0.171. The minimum Gasteiger partial charge on any atom is -0.385 e. The molecule has 1 aliphatic heterocycles. The number of nitrogens with zero attached hydrogens (tertiary/aromatic N) is 5. The highest BCUT2D eigenvalue weighted by Crippen LogP contribution is 2.30. The van der Waals surface area contributed by atoms with Crippen LogP contribution in [0.3, 0.4) is 0 Å². The van der Waals surface area contributed by atoms with Gasteiger partial charge < -0.3 is 24.8 Å². The average molecular weight is 505 g/mol. The fourth-order valence-corrected chi connectivity index (χ4v) is 4.83.